The maximum absolute atomic E-state index is 12.1. The number of anilines is 1. The van der Waals surface area contributed by atoms with Gasteiger partial charge in [-0.15, -0.1) is 0 Å². The molecule has 28 heavy (non-hydrogen) atoms. The zero-order chi connectivity index (χ0) is 19.9. The first kappa shape index (κ1) is 19.2. The summed E-state index contributed by atoms with van der Waals surface area (Å²) in [7, 11) is 0. The summed E-state index contributed by atoms with van der Waals surface area (Å²) in [5.74, 6) is -0.0367. The van der Waals surface area contributed by atoms with E-state index in [-0.39, 0.29) is 28.9 Å². The molecule has 0 saturated heterocycles. The van der Waals surface area contributed by atoms with Crippen LogP contribution in [0.1, 0.15) is 16.7 Å². The number of hydrogen-bond donors (Lipinski definition) is 1. The van der Waals surface area contributed by atoms with Crippen LogP contribution in [0.25, 0.3) is 11.3 Å². The van der Waals surface area contributed by atoms with Crippen LogP contribution in [0.2, 0.25) is 5.32 Å². The van der Waals surface area contributed by atoms with Gasteiger partial charge in [-0.25, -0.2) is 0 Å². The van der Waals surface area contributed by atoms with Crippen molar-refractivity contribution in [2.75, 3.05) is 5.73 Å². The molecule has 0 aliphatic carbocycles. The number of benzene rings is 1. The van der Waals surface area contributed by atoms with Crippen molar-refractivity contribution in [2.24, 2.45) is 0 Å². The third-order valence-corrected chi connectivity index (χ3v) is 5.74. The Labute approximate surface area is 167 Å². The maximum atomic E-state index is 12.1. The summed E-state index contributed by atoms with van der Waals surface area (Å²) in [6, 6.07) is 16.7. The molecule has 1 aromatic carbocycles. The number of carbonyl (C=O) groups excluding carboxylic acids is 1. The van der Waals surface area contributed by atoms with Crippen LogP contribution in [-0.2, 0) is 16.1 Å². The Kier molecular flexibility index (Phi) is 6.08. The van der Waals surface area contributed by atoms with Gasteiger partial charge >= 0.3 is 167 Å². The van der Waals surface area contributed by atoms with E-state index in [0.29, 0.717) is 15.9 Å². The van der Waals surface area contributed by atoms with E-state index in [9.17, 15) is 15.3 Å². The van der Waals surface area contributed by atoms with Crippen molar-refractivity contribution in [3.8, 4) is 23.5 Å². The predicted octanol–water partition coefficient (Wildman–Crippen LogP) is 2.16. The van der Waals surface area contributed by atoms with Gasteiger partial charge in [-0.2, -0.15) is 0 Å². The molecule has 0 spiro atoms. The first-order chi connectivity index (χ1) is 13.6. The van der Waals surface area contributed by atoms with Gasteiger partial charge < -0.3 is 0 Å². The van der Waals surface area contributed by atoms with Crippen LogP contribution in [0.15, 0.2) is 53.1 Å². The van der Waals surface area contributed by atoms with Crippen molar-refractivity contribution < 1.29 is 13.9 Å². The number of nitrogens with two attached hydrogens (primary N) is 1. The van der Waals surface area contributed by atoms with Crippen molar-refractivity contribution in [3.05, 3.63) is 65.4 Å². The molecule has 0 unspecified atom stereocenters. The van der Waals surface area contributed by atoms with E-state index in [4.69, 9.17) is 14.9 Å². The summed E-state index contributed by atoms with van der Waals surface area (Å²) in [6.07, 6.45) is 1.44. The first-order valence-electron chi connectivity index (χ1n) is 8.14. The molecule has 0 atom stereocenters. The van der Waals surface area contributed by atoms with Crippen LogP contribution in [0.5, 0.6) is 0 Å². The van der Waals surface area contributed by atoms with Crippen molar-refractivity contribution in [1.29, 1.82) is 10.5 Å². The second-order valence-corrected chi connectivity index (χ2v) is 7.59. The first-order valence-corrected chi connectivity index (χ1v) is 10.2. The van der Waals surface area contributed by atoms with E-state index in [1.807, 2.05) is 36.4 Å². The van der Waals surface area contributed by atoms with Crippen molar-refractivity contribution >= 4 is 31.3 Å². The van der Waals surface area contributed by atoms with E-state index in [1.165, 1.54) is 6.26 Å². The zero-order valence-electron chi connectivity index (χ0n) is 14.6. The van der Waals surface area contributed by atoms with Crippen molar-refractivity contribution in [3.63, 3.8) is 0 Å². The molecular formula is C20H14N4O3Se. The van der Waals surface area contributed by atoms with E-state index in [1.54, 1.807) is 12.1 Å². The van der Waals surface area contributed by atoms with Crippen LogP contribution >= 0.6 is 0 Å². The SMILES string of the molecule is N#Cc1c(N)nc([Se]CC(=O)OCc2ccccc2)c(C#N)c1-c1ccco1. The minimum atomic E-state index is -0.498. The molecule has 7 nitrogen and oxygen atoms in total. The van der Waals surface area contributed by atoms with Gasteiger partial charge in [0.15, 0.2) is 0 Å². The van der Waals surface area contributed by atoms with E-state index >= 15 is 0 Å². The number of carbonyl (C=O) groups is 1. The number of hydrogen-bond acceptors (Lipinski definition) is 7. The Morgan fingerprint density at radius 3 is 2.54 bits per heavy atom. The quantitative estimate of drug-likeness (QED) is 0.463. The predicted molar refractivity (Wildman–Crippen MR) is 102 cm³/mol. The standard InChI is InChI=1S/C20H14N4O3Se/c21-9-14-18(16-7-4-8-26-16)15(10-22)20(24-19(14)23)28-12-17(25)27-11-13-5-2-1-3-6-13/h1-8H,11-12H2,(H2,23,24). The van der Waals surface area contributed by atoms with Gasteiger partial charge in [0, 0.05) is 0 Å². The summed E-state index contributed by atoms with van der Waals surface area (Å²) in [5, 5.41) is 19.1. The van der Waals surface area contributed by atoms with Crippen LogP contribution in [0.4, 0.5) is 5.82 Å². The molecule has 3 rings (SSSR count). The van der Waals surface area contributed by atoms with E-state index in [2.05, 4.69) is 11.1 Å². The number of esters is 1. The molecule has 0 radical (unpaired) electrons. The number of furan rings is 1. The molecule has 0 amide bonds. The number of aromatic nitrogens is 1. The fraction of sp³-hybridized carbons (Fsp3) is 0.100. The molecule has 0 fully saturated rings. The number of pyridine rings is 1. The zero-order valence-corrected chi connectivity index (χ0v) is 16.3. The molecule has 8 heteroatoms. The second kappa shape index (κ2) is 8.87. The molecule has 2 N–H and O–H groups in total. The summed E-state index contributed by atoms with van der Waals surface area (Å²) in [4.78, 5) is 16.3. The summed E-state index contributed by atoms with van der Waals surface area (Å²) >= 11 is -0.498. The molecular weight excluding hydrogens is 423 g/mol. The Bertz CT molecular complexity index is 1070. The van der Waals surface area contributed by atoms with Gasteiger partial charge in [-0.05, 0) is 0 Å². The van der Waals surface area contributed by atoms with Gasteiger partial charge in [0.2, 0.25) is 0 Å². The van der Waals surface area contributed by atoms with Gasteiger partial charge in [0.1, 0.15) is 0 Å². The van der Waals surface area contributed by atoms with Gasteiger partial charge in [-0.3, -0.25) is 0 Å². The molecule has 2 heterocycles. The number of ether oxygens (including phenoxy) is 1. The van der Waals surface area contributed by atoms with Gasteiger partial charge in [0.25, 0.3) is 0 Å². The van der Waals surface area contributed by atoms with Crippen LogP contribution < -0.4 is 10.3 Å². The average molecular weight is 437 g/mol. The van der Waals surface area contributed by atoms with E-state index < -0.39 is 20.9 Å². The van der Waals surface area contributed by atoms with Crippen molar-refractivity contribution in [2.45, 2.75) is 11.9 Å². The number of rotatable bonds is 6. The van der Waals surface area contributed by atoms with Crippen LogP contribution in [-0.4, -0.2) is 25.9 Å². The number of nitriles is 2. The number of nitrogen functional groups attached to an aromatic ring is 1. The molecule has 0 aliphatic heterocycles. The third kappa shape index (κ3) is 4.21. The molecule has 0 saturated carbocycles. The minimum absolute atomic E-state index is 0.00225. The van der Waals surface area contributed by atoms with E-state index in [0.717, 1.165) is 5.56 Å². The third-order valence-electron chi connectivity index (χ3n) is 3.75. The van der Waals surface area contributed by atoms with Gasteiger partial charge in [0.05, 0.1) is 0 Å². The Morgan fingerprint density at radius 1 is 1.14 bits per heavy atom. The molecule has 2 aromatic heterocycles. The monoisotopic (exact) mass is 438 g/mol. The molecule has 138 valence electrons. The second-order valence-electron chi connectivity index (χ2n) is 5.56. The number of nitrogens with zero attached hydrogens (tertiary/aromatic N) is 3. The fourth-order valence-corrected chi connectivity index (χ4v) is 4.14. The average Bonchev–Trinajstić information content (AvgIpc) is 3.25. The fourth-order valence-electron chi connectivity index (χ4n) is 2.48. The van der Waals surface area contributed by atoms with Crippen LogP contribution in [0, 0.1) is 22.7 Å². The molecule has 3 aromatic rings. The van der Waals surface area contributed by atoms with Gasteiger partial charge in [-0.1, -0.05) is 0 Å². The van der Waals surface area contributed by atoms with Crippen LogP contribution in [0.3, 0.4) is 0 Å². The summed E-state index contributed by atoms with van der Waals surface area (Å²) in [5.41, 5.74) is 7.38. The summed E-state index contributed by atoms with van der Waals surface area (Å²) < 4.78 is 11.0. The molecule has 0 bridgehead atoms. The summed E-state index contributed by atoms with van der Waals surface area (Å²) in [6.45, 7) is 0.182. The van der Waals surface area contributed by atoms with Crippen molar-refractivity contribution in [1.82, 2.24) is 4.98 Å². The Balaban J connectivity index is 1.80. The topological polar surface area (TPSA) is 126 Å². The Morgan fingerprint density at radius 2 is 1.89 bits per heavy atom. The molecule has 0 aliphatic rings. The Hall–Kier alpha value is -3.58. The normalized spacial score (nSPS) is 10.1.